The van der Waals surface area contributed by atoms with Gasteiger partial charge in [-0.3, -0.25) is 0 Å². The molecule has 0 radical (unpaired) electrons. The smallest absolute Gasteiger partial charge is 0.124 e. The molecule has 0 saturated carbocycles. The second-order valence-electron chi connectivity index (χ2n) is 3.70. The van der Waals surface area contributed by atoms with Crippen molar-refractivity contribution >= 4 is 11.6 Å². The van der Waals surface area contributed by atoms with Gasteiger partial charge in [-0.1, -0.05) is 31.0 Å². The zero-order valence-corrected chi connectivity index (χ0v) is 9.94. The van der Waals surface area contributed by atoms with Crippen LogP contribution < -0.4 is 5.32 Å². The van der Waals surface area contributed by atoms with Gasteiger partial charge in [0.2, 0.25) is 0 Å². The van der Waals surface area contributed by atoms with Crippen LogP contribution in [0.3, 0.4) is 0 Å². The molecule has 1 aromatic carbocycles. The van der Waals surface area contributed by atoms with Crippen molar-refractivity contribution in [2.75, 3.05) is 6.54 Å². The molecule has 0 aliphatic heterocycles. The number of rotatable bonds is 5. The fourth-order valence-corrected chi connectivity index (χ4v) is 1.79. The summed E-state index contributed by atoms with van der Waals surface area (Å²) in [4.78, 5) is 0. The molecule has 3 heteroatoms. The Bertz CT molecular complexity index is 314. The monoisotopic (exact) mass is 229 g/mol. The summed E-state index contributed by atoms with van der Waals surface area (Å²) < 4.78 is 12.8. The maximum Gasteiger partial charge on any atom is 0.124 e. The lowest BCUT2D eigenvalue weighted by Gasteiger charge is -2.15. The summed E-state index contributed by atoms with van der Waals surface area (Å²) in [7, 11) is 0. The van der Waals surface area contributed by atoms with E-state index in [1.807, 2.05) is 6.92 Å². The highest BCUT2D eigenvalue weighted by Crippen LogP contribution is 2.23. The van der Waals surface area contributed by atoms with Crippen LogP contribution in [0.4, 0.5) is 4.39 Å². The van der Waals surface area contributed by atoms with Gasteiger partial charge in [0.15, 0.2) is 0 Å². The van der Waals surface area contributed by atoms with Gasteiger partial charge in [0.1, 0.15) is 5.82 Å². The van der Waals surface area contributed by atoms with Gasteiger partial charge in [0.25, 0.3) is 0 Å². The van der Waals surface area contributed by atoms with E-state index >= 15 is 0 Å². The average Bonchev–Trinajstić information content (AvgIpc) is 2.17. The summed E-state index contributed by atoms with van der Waals surface area (Å²) in [6.07, 6.45) is 2.31. The minimum Gasteiger partial charge on any atom is -0.310 e. The molecule has 0 bridgehead atoms. The molecule has 1 aromatic rings. The van der Waals surface area contributed by atoms with Crippen LogP contribution in [-0.4, -0.2) is 6.54 Å². The van der Waals surface area contributed by atoms with Gasteiger partial charge in [0, 0.05) is 11.1 Å². The summed E-state index contributed by atoms with van der Waals surface area (Å²) in [5.74, 6) is -0.287. The zero-order chi connectivity index (χ0) is 11.3. The third-order valence-corrected chi connectivity index (χ3v) is 2.74. The van der Waals surface area contributed by atoms with Gasteiger partial charge >= 0.3 is 0 Å². The van der Waals surface area contributed by atoms with E-state index in [0.717, 1.165) is 24.9 Å². The highest BCUT2D eigenvalue weighted by molar-refractivity contribution is 6.31. The second-order valence-corrected chi connectivity index (χ2v) is 4.10. The fourth-order valence-electron chi connectivity index (χ4n) is 1.46. The lowest BCUT2D eigenvalue weighted by atomic mass is 10.1. The second kappa shape index (κ2) is 6.09. The van der Waals surface area contributed by atoms with Crippen LogP contribution >= 0.6 is 11.6 Å². The molecule has 0 amide bonds. The van der Waals surface area contributed by atoms with Gasteiger partial charge in [-0.15, -0.1) is 0 Å². The first-order chi connectivity index (χ1) is 7.15. The Balaban J connectivity index is 2.61. The van der Waals surface area contributed by atoms with E-state index in [1.54, 1.807) is 6.07 Å². The molecule has 0 unspecified atom stereocenters. The van der Waals surface area contributed by atoms with Crippen molar-refractivity contribution in [2.45, 2.75) is 32.7 Å². The van der Waals surface area contributed by atoms with Crippen LogP contribution in [0.1, 0.15) is 38.3 Å². The van der Waals surface area contributed by atoms with E-state index in [2.05, 4.69) is 12.2 Å². The number of nitrogens with one attached hydrogen (secondary N) is 1. The highest BCUT2D eigenvalue weighted by atomic mass is 35.5. The van der Waals surface area contributed by atoms with Crippen LogP contribution in [0.15, 0.2) is 18.2 Å². The third kappa shape index (κ3) is 3.80. The molecule has 1 atom stereocenters. The van der Waals surface area contributed by atoms with Gasteiger partial charge in [-0.25, -0.2) is 4.39 Å². The Labute approximate surface area is 95.6 Å². The van der Waals surface area contributed by atoms with Crippen molar-refractivity contribution in [1.82, 2.24) is 5.32 Å². The first-order valence-corrected chi connectivity index (χ1v) is 5.71. The number of hydrogen-bond acceptors (Lipinski definition) is 1. The molecular formula is C12H17ClFN. The fraction of sp³-hybridized carbons (Fsp3) is 0.500. The molecule has 0 aliphatic carbocycles. The summed E-state index contributed by atoms with van der Waals surface area (Å²) >= 11 is 5.96. The Hall–Kier alpha value is -0.600. The highest BCUT2D eigenvalue weighted by Gasteiger charge is 2.09. The molecule has 1 nitrogen and oxygen atoms in total. The van der Waals surface area contributed by atoms with E-state index < -0.39 is 0 Å². The van der Waals surface area contributed by atoms with E-state index in [4.69, 9.17) is 11.6 Å². The van der Waals surface area contributed by atoms with Crippen molar-refractivity contribution in [3.63, 3.8) is 0 Å². The number of halogens is 2. The van der Waals surface area contributed by atoms with Gasteiger partial charge in [-0.05, 0) is 37.6 Å². The average molecular weight is 230 g/mol. The first-order valence-electron chi connectivity index (χ1n) is 5.33. The van der Waals surface area contributed by atoms with Crippen molar-refractivity contribution in [1.29, 1.82) is 0 Å². The van der Waals surface area contributed by atoms with E-state index in [9.17, 15) is 4.39 Å². The number of hydrogen-bond donors (Lipinski definition) is 1. The maximum absolute atomic E-state index is 12.8. The molecule has 84 valence electrons. The summed E-state index contributed by atoms with van der Waals surface area (Å²) in [6.45, 7) is 5.15. The van der Waals surface area contributed by atoms with Crippen molar-refractivity contribution in [2.24, 2.45) is 0 Å². The Morgan fingerprint density at radius 3 is 2.80 bits per heavy atom. The van der Waals surface area contributed by atoms with Crippen molar-refractivity contribution < 1.29 is 4.39 Å². The van der Waals surface area contributed by atoms with Crippen LogP contribution in [0.2, 0.25) is 5.02 Å². The molecule has 15 heavy (non-hydrogen) atoms. The van der Waals surface area contributed by atoms with Crippen molar-refractivity contribution in [3.8, 4) is 0 Å². The van der Waals surface area contributed by atoms with Crippen LogP contribution in [0, 0.1) is 5.82 Å². The SMILES string of the molecule is CCCCN[C@H](C)c1ccc(F)cc1Cl. The molecule has 0 aromatic heterocycles. The lowest BCUT2D eigenvalue weighted by molar-refractivity contribution is 0.552. The van der Waals surface area contributed by atoms with Gasteiger partial charge in [0.05, 0.1) is 0 Å². The predicted octanol–water partition coefficient (Wildman–Crippen LogP) is 3.93. The Morgan fingerprint density at radius 2 is 2.20 bits per heavy atom. The van der Waals surface area contributed by atoms with E-state index in [1.165, 1.54) is 12.1 Å². The van der Waals surface area contributed by atoms with Crippen LogP contribution in [-0.2, 0) is 0 Å². The third-order valence-electron chi connectivity index (χ3n) is 2.41. The lowest BCUT2D eigenvalue weighted by Crippen LogP contribution is -2.20. The Kier molecular flexibility index (Phi) is 5.06. The predicted molar refractivity (Wildman–Crippen MR) is 62.7 cm³/mol. The van der Waals surface area contributed by atoms with Gasteiger partial charge in [-0.2, -0.15) is 0 Å². The van der Waals surface area contributed by atoms with Crippen LogP contribution in [0.5, 0.6) is 0 Å². The zero-order valence-electron chi connectivity index (χ0n) is 9.19. The molecule has 0 saturated heterocycles. The maximum atomic E-state index is 12.8. The van der Waals surface area contributed by atoms with Crippen LogP contribution in [0.25, 0.3) is 0 Å². The van der Waals surface area contributed by atoms with Crippen molar-refractivity contribution in [3.05, 3.63) is 34.6 Å². The minimum absolute atomic E-state index is 0.171. The quantitative estimate of drug-likeness (QED) is 0.755. The Morgan fingerprint density at radius 1 is 1.47 bits per heavy atom. The normalized spacial score (nSPS) is 12.8. The molecular weight excluding hydrogens is 213 g/mol. The molecule has 0 fully saturated rings. The minimum atomic E-state index is -0.287. The van der Waals surface area contributed by atoms with E-state index in [-0.39, 0.29) is 11.9 Å². The summed E-state index contributed by atoms with van der Waals surface area (Å²) in [6, 6.07) is 4.71. The topological polar surface area (TPSA) is 12.0 Å². The first kappa shape index (κ1) is 12.5. The largest absolute Gasteiger partial charge is 0.310 e. The van der Waals surface area contributed by atoms with E-state index in [0.29, 0.717) is 5.02 Å². The number of benzene rings is 1. The molecule has 1 rings (SSSR count). The summed E-state index contributed by atoms with van der Waals surface area (Å²) in [5, 5.41) is 3.85. The molecule has 0 aliphatic rings. The van der Waals surface area contributed by atoms with Gasteiger partial charge < -0.3 is 5.32 Å². The standard InChI is InChI=1S/C12H17ClFN/c1-3-4-7-15-9(2)11-6-5-10(14)8-12(11)13/h5-6,8-9,15H,3-4,7H2,1-2H3/t9-/m1/s1. The summed E-state index contributed by atoms with van der Waals surface area (Å²) in [5.41, 5.74) is 0.953. The molecule has 0 spiro atoms. The number of unbranched alkanes of at least 4 members (excludes halogenated alkanes) is 1. The molecule has 1 N–H and O–H groups in total. The molecule has 0 heterocycles.